The summed E-state index contributed by atoms with van der Waals surface area (Å²) >= 11 is 0. The van der Waals surface area contributed by atoms with E-state index < -0.39 is 47.2 Å². The van der Waals surface area contributed by atoms with Crippen LogP contribution in [0.5, 0.6) is 0 Å². The largest absolute Gasteiger partial charge is 0.392 e. The van der Waals surface area contributed by atoms with E-state index in [1.54, 1.807) is 0 Å². The summed E-state index contributed by atoms with van der Waals surface area (Å²) in [5.74, 6) is -0.185. The monoisotopic (exact) mass is 527 g/mol. The van der Waals surface area contributed by atoms with E-state index in [9.17, 15) is 30.0 Å². The Morgan fingerprint density at radius 1 is 1.00 bits per heavy atom. The van der Waals surface area contributed by atoms with Crippen LogP contribution in [-0.2, 0) is 9.47 Å². The van der Waals surface area contributed by atoms with Gasteiger partial charge < -0.3 is 20.3 Å². The summed E-state index contributed by atoms with van der Waals surface area (Å²) in [5.41, 5.74) is 1.79. The molecule has 2 aromatic heterocycles. The molecular weight excluding hydrogens is 494 g/mol. The molecule has 2 aliphatic rings. The number of ether oxygens (including phenoxy) is 2. The Bertz CT molecular complexity index is 1420. The van der Waals surface area contributed by atoms with Gasteiger partial charge in [-0.25, -0.2) is 9.59 Å². The lowest BCUT2D eigenvalue weighted by atomic mass is 9.82. The van der Waals surface area contributed by atoms with E-state index in [-0.39, 0.29) is 29.5 Å². The predicted molar refractivity (Wildman–Crippen MR) is 135 cm³/mol. The summed E-state index contributed by atoms with van der Waals surface area (Å²) in [6.07, 6.45) is 2.30. The highest BCUT2D eigenvalue weighted by atomic mass is 16.5. The van der Waals surface area contributed by atoms with Crippen LogP contribution in [0, 0.1) is 46.3 Å². The van der Waals surface area contributed by atoms with Gasteiger partial charge in [0.1, 0.15) is 24.3 Å². The first-order valence-corrected chi connectivity index (χ1v) is 12.3. The van der Waals surface area contributed by atoms with Crippen LogP contribution in [0.15, 0.2) is 38.9 Å². The standard InChI is InChI=1S/C13H17N3O3.C12H16N4O3/c1-4-13(7-14)9(3)8(2)11(19-13)16-6-5-10(17)15-12(16)18;1-7-8(2)12(5-13,6-17)19-10(7)16-4-3-9(14)15-11(16)18/h5-6,8-9,11H,4H2,1-3H3,(H,15,17,18);3-4,7-8,10,17H,6H2,1-2H3,(H2,14,15,18). The van der Waals surface area contributed by atoms with E-state index in [0.29, 0.717) is 6.42 Å². The number of rotatable bonds is 4. The van der Waals surface area contributed by atoms with Crippen molar-refractivity contribution >= 4 is 5.82 Å². The Morgan fingerprint density at radius 2 is 1.53 bits per heavy atom. The molecule has 2 aromatic rings. The predicted octanol–water partition coefficient (Wildman–Crippen LogP) is 0.891. The molecule has 13 nitrogen and oxygen atoms in total. The third-order valence-electron chi connectivity index (χ3n) is 8.00. The molecular formula is C25H33N7O6. The number of H-pyrrole nitrogens is 1. The van der Waals surface area contributed by atoms with Crippen molar-refractivity contribution in [3.8, 4) is 12.1 Å². The number of nitrogens with two attached hydrogens (primary N) is 1. The van der Waals surface area contributed by atoms with Gasteiger partial charge in [0, 0.05) is 42.1 Å². The Morgan fingerprint density at radius 3 is 1.97 bits per heavy atom. The molecule has 8 unspecified atom stereocenters. The fourth-order valence-corrected chi connectivity index (χ4v) is 5.03. The number of nitriles is 2. The molecule has 0 amide bonds. The van der Waals surface area contributed by atoms with Crippen LogP contribution < -0.4 is 22.7 Å². The fourth-order valence-electron chi connectivity index (χ4n) is 5.03. The van der Waals surface area contributed by atoms with Crippen LogP contribution >= 0.6 is 0 Å². The number of aromatic amines is 1. The summed E-state index contributed by atoms with van der Waals surface area (Å²) in [6, 6.07) is 7.01. The van der Waals surface area contributed by atoms with Crippen molar-refractivity contribution in [1.82, 2.24) is 19.1 Å². The zero-order chi connectivity index (χ0) is 28.4. The van der Waals surface area contributed by atoms with Gasteiger partial charge in [-0.1, -0.05) is 34.6 Å². The van der Waals surface area contributed by atoms with Gasteiger partial charge in [-0.15, -0.1) is 0 Å². The van der Waals surface area contributed by atoms with Gasteiger partial charge in [-0.3, -0.25) is 18.9 Å². The molecule has 0 spiro atoms. The Labute approximate surface area is 219 Å². The van der Waals surface area contributed by atoms with E-state index in [0.717, 1.165) is 0 Å². The van der Waals surface area contributed by atoms with Crippen LogP contribution in [0.25, 0.3) is 0 Å². The topological polar surface area (TPSA) is 202 Å². The number of anilines is 1. The van der Waals surface area contributed by atoms with Gasteiger partial charge in [-0.2, -0.15) is 15.5 Å². The van der Waals surface area contributed by atoms with Crippen molar-refractivity contribution in [2.24, 2.45) is 23.7 Å². The first-order valence-electron chi connectivity index (χ1n) is 12.3. The molecule has 2 saturated heterocycles. The molecule has 13 heteroatoms. The molecule has 0 saturated carbocycles. The second-order valence-corrected chi connectivity index (χ2v) is 9.89. The molecule has 204 valence electrons. The molecule has 38 heavy (non-hydrogen) atoms. The van der Waals surface area contributed by atoms with Gasteiger partial charge in [0.15, 0.2) is 11.2 Å². The van der Waals surface area contributed by atoms with Gasteiger partial charge in [0.05, 0.1) is 12.7 Å². The minimum absolute atomic E-state index is 0.00296. The maximum atomic E-state index is 11.8. The third-order valence-corrected chi connectivity index (χ3v) is 8.00. The number of aromatic nitrogens is 4. The minimum Gasteiger partial charge on any atom is -0.392 e. The second kappa shape index (κ2) is 10.9. The summed E-state index contributed by atoms with van der Waals surface area (Å²) < 4.78 is 14.2. The fraction of sp³-hybridized carbons (Fsp3) is 0.600. The first-order chi connectivity index (χ1) is 17.9. The zero-order valence-corrected chi connectivity index (χ0v) is 22.0. The molecule has 0 aliphatic carbocycles. The van der Waals surface area contributed by atoms with Gasteiger partial charge in [-0.05, 0) is 12.5 Å². The van der Waals surface area contributed by atoms with Crippen molar-refractivity contribution < 1.29 is 14.6 Å². The molecule has 2 fully saturated rings. The average molecular weight is 528 g/mol. The van der Waals surface area contributed by atoms with E-state index in [1.807, 2.05) is 40.7 Å². The first kappa shape index (κ1) is 28.8. The molecule has 0 radical (unpaired) electrons. The summed E-state index contributed by atoms with van der Waals surface area (Å²) in [5, 5.41) is 28.0. The number of hydrogen-bond donors (Lipinski definition) is 3. The minimum atomic E-state index is -1.29. The van der Waals surface area contributed by atoms with Crippen molar-refractivity contribution in [2.45, 2.75) is 64.7 Å². The molecule has 4 heterocycles. The van der Waals surface area contributed by atoms with Crippen LogP contribution in [0.1, 0.15) is 53.5 Å². The van der Waals surface area contributed by atoms with Gasteiger partial charge in [0.25, 0.3) is 5.56 Å². The number of aliphatic hydroxyl groups is 1. The van der Waals surface area contributed by atoms with Crippen LogP contribution in [-0.4, -0.2) is 42.0 Å². The van der Waals surface area contributed by atoms with Crippen molar-refractivity contribution in [3.63, 3.8) is 0 Å². The number of aliphatic hydroxyl groups excluding tert-OH is 1. The second-order valence-electron chi connectivity index (χ2n) is 9.89. The lowest BCUT2D eigenvalue weighted by molar-refractivity contribution is -0.0790. The highest BCUT2D eigenvalue weighted by molar-refractivity contribution is 5.24. The quantitative estimate of drug-likeness (QED) is 0.512. The number of hydrogen-bond acceptors (Lipinski definition) is 10. The van der Waals surface area contributed by atoms with E-state index in [2.05, 4.69) is 16.0 Å². The maximum Gasteiger partial charge on any atom is 0.351 e. The number of nitrogens with one attached hydrogen (secondary N) is 1. The smallest absolute Gasteiger partial charge is 0.351 e. The Balaban J connectivity index is 0.000000211. The SMILES string of the molecule is CC1C(n2ccc(N)nc2=O)OC(C#N)(CO)C1C.CCC1(C#N)OC(n2ccc(=O)[nH]c2=O)C(C)C1C. The molecule has 2 aliphatic heterocycles. The summed E-state index contributed by atoms with van der Waals surface area (Å²) in [6.45, 7) is 9.07. The van der Waals surface area contributed by atoms with Crippen LogP contribution in [0.4, 0.5) is 5.82 Å². The molecule has 0 aromatic carbocycles. The maximum absolute atomic E-state index is 11.8. The normalized spacial score (nSPS) is 34.1. The molecule has 4 N–H and O–H groups in total. The zero-order valence-electron chi connectivity index (χ0n) is 22.0. The van der Waals surface area contributed by atoms with E-state index in [4.69, 9.17) is 15.2 Å². The Kier molecular flexibility index (Phi) is 8.27. The van der Waals surface area contributed by atoms with Gasteiger partial charge in [0.2, 0.25) is 0 Å². The van der Waals surface area contributed by atoms with E-state index in [1.165, 1.54) is 33.7 Å². The highest BCUT2D eigenvalue weighted by Crippen LogP contribution is 2.46. The lowest BCUT2D eigenvalue weighted by Crippen LogP contribution is -2.37. The number of nitrogens with zero attached hydrogens (tertiary/aromatic N) is 5. The van der Waals surface area contributed by atoms with Gasteiger partial charge >= 0.3 is 11.4 Å². The van der Waals surface area contributed by atoms with Crippen LogP contribution in [0.3, 0.4) is 0 Å². The Hall–Kier alpha value is -3.78. The van der Waals surface area contributed by atoms with Crippen molar-refractivity contribution in [1.29, 1.82) is 10.5 Å². The lowest BCUT2D eigenvalue weighted by Gasteiger charge is -2.23. The molecule has 0 bridgehead atoms. The van der Waals surface area contributed by atoms with Crippen molar-refractivity contribution in [3.05, 3.63) is 55.8 Å². The number of nitrogen functional groups attached to an aromatic ring is 1. The van der Waals surface area contributed by atoms with Crippen LogP contribution in [0.2, 0.25) is 0 Å². The van der Waals surface area contributed by atoms with E-state index >= 15 is 0 Å². The summed E-state index contributed by atoms with van der Waals surface area (Å²) in [7, 11) is 0. The third kappa shape index (κ3) is 4.88. The molecule has 4 rings (SSSR count). The molecule has 8 atom stereocenters. The average Bonchev–Trinajstić information content (AvgIpc) is 3.30. The summed E-state index contributed by atoms with van der Waals surface area (Å²) in [4.78, 5) is 40.5. The van der Waals surface area contributed by atoms with Crippen molar-refractivity contribution in [2.75, 3.05) is 12.3 Å². The highest BCUT2D eigenvalue weighted by Gasteiger charge is 2.52.